The Balaban J connectivity index is 1.54. The van der Waals surface area contributed by atoms with Crippen LogP contribution in [-0.2, 0) is 6.54 Å². The molecule has 1 aliphatic heterocycles. The minimum Gasteiger partial charge on any atom is -0.312 e. The molecular weight excluding hydrogens is 260 g/mol. The number of benzene rings is 1. The molecule has 4 heteroatoms. The first kappa shape index (κ1) is 14.3. The number of aromatic nitrogens is 2. The Morgan fingerprint density at radius 1 is 1.33 bits per heavy atom. The minimum atomic E-state index is 0.789. The summed E-state index contributed by atoms with van der Waals surface area (Å²) in [5, 5.41) is 10.9. The topological polar surface area (TPSA) is 44.0 Å². The summed E-state index contributed by atoms with van der Waals surface area (Å²) in [5.74, 6) is 0.789. The van der Waals surface area contributed by atoms with Crippen molar-refractivity contribution >= 4 is 0 Å². The van der Waals surface area contributed by atoms with Gasteiger partial charge >= 0.3 is 0 Å². The number of nitrogens with one attached hydrogen (secondary N) is 2. The van der Waals surface area contributed by atoms with Crippen LogP contribution in [0.3, 0.4) is 0 Å². The Hall–Kier alpha value is -1.65. The SMILES string of the molecule is CCN1CC[C@H](CNCc2cn[nH]c2-c2ccccc2)C1. The second-order valence-electron chi connectivity index (χ2n) is 5.82. The molecule has 0 spiro atoms. The van der Waals surface area contributed by atoms with E-state index in [4.69, 9.17) is 0 Å². The molecule has 1 aromatic heterocycles. The predicted octanol–water partition coefficient (Wildman–Crippen LogP) is 2.51. The zero-order chi connectivity index (χ0) is 14.5. The van der Waals surface area contributed by atoms with Crippen LogP contribution in [-0.4, -0.2) is 41.3 Å². The molecule has 2 aromatic rings. The molecule has 0 radical (unpaired) electrons. The first-order valence-electron chi connectivity index (χ1n) is 7.87. The molecule has 0 amide bonds. The molecule has 1 saturated heterocycles. The van der Waals surface area contributed by atoms with E-state index in [-0.39, 0.29) is 0 Å². The number of aromatic amines is 1. The smallest absolute Gasteiger partial charge is 0.0695 e. The fraction of sp³-hybridized carbons (Fsp3) is 0.471. The van der Waals surface area contributed by atoms with Gasteiger partial charge in [0.25, 0.3) is 0 Å². The minimum absolute atomic E-state index is 0.789. The number of H-pyrrole nitrogens is 1. The van der Waals surface area contributed by atoms with E-state index in [0.29, 0.717) is 0 Å². The summed E-state index contributed by atoms with van der Waals surface area (Å²) in [6.45, 7) is 7.88. The third kappa shape index (κ3) is 3.52. The van der Waals surface area contributed by atoms with Crippen molar-refractivity contribution in [3.8, 4) is 11.3 Å². The van der Waals surface area contributed by atoms with Gasteiger partial charge in [0.1, 0.15) is 0 Å². The van der Waals surface area contributed by atoms with Gasteiger partial charge in [-0.2, -0.15) is 5.10 Å². The van der Waals surface area contributed by atoms with Crippen molar-refractivity contribution < 1.29 is 0 Å². The molecule has 1 aromatic carbocycles. The maximum Gasteiger partial charge on any atom is 0.0695 e. The van der Waals surface area contributed by atoms with Crippen LogP contribution >= 0.6 is 0 Å². The van der Waals surface area contributed by atoms with Gasteiger partial charge in [0.15, 0.2) is 0 Å². The maximum atomic E-state index is 4.20. The van der Waals surface area contributed by atoms with E-state index in [0.717, 1.165) is 24.7 Å². The van der Waals surface area contributed by atoms with Gasteiger partial charge < -0.3 is 10.2 Å². The lowest BCUT2D eigenvalue weighted by atomic mass is 10.1. The van der Waals surface area contributed by atoms with Gasteiger partial charge in [-0.1, -0.05) is 37.3 Å². The van der Waals surface area contributed by atoms with Crippen molar-refractivity contribution in [3.05, 3.63) is 42.1 Å². The maximum absolute atomic E-state index is 4.20. The molecule has 2 heterocycles. The van der Waals surface area contributed by atoms with Crippen LogP contribution in [0, 0.1) is 5.92 Å². The van der Waals surface area contributed by atoms with Crippen LogP contribution in [0.1, 0.15) is 18.9 Å². The number of likely N-dealkylation sites (tertiary alicyclic amines) is 1. The summed E-state index contributed by atoms with van der Waals surface area (Å²) in [4.78, 5) is 2.53. The molecule has 0 unspecified atom stereocenters. The average molecular weight is 284 g/mol. The highest BCUT2D eigenvalue weighted by Crippen LogP contribution is 2.20. The molecule has 1 atom stereocenters. The first-order valence-corrected chi connectivity index (χ1v) is 7.87. The van der Waals surface area contributed by atoms with Gasteiger partial charge in [-0.3, -0.25) is 5.10 Å². The van der Waals surface area contributed by atoms with E-state index in [1.165, 1.54) is 37.2 Å². The highest BCUT2D eigenvalue weighted by Gasteiger charge is 2.20. The van der Waals surface area contributed by atoms with E-state index in [9.17, 15) is 0 Å². The van der Waals surface area contributed by atoms with E-state index in [1.807, 2.05) is 12.3 Å². The van der Waals surface area contributed by atoms with Crippen molar-refractivity contribution in [2.75, 3.05) is 26.2 Å². The van der Waals surface area contributed by atoms with Gasteiger partial charge in [0.05, 0.1) is 11.9 Å². The zero-order valence-electron chi connectivity index (χ0n) is 12.7. The Labute approximate surface area is 126 Å². The lowest BCUT2D eigenvalue weighted by Crippen LogP contribution is -2.26. The predicted molar refractivity (Wildman–Crippen MR) is 86.0 cm³/mol. The van der Waals surface area contributed by atoms with Crippen LogP contribution in [0.25, 0.3) is 11.3 Å². The molecular formula is C17H24N4. The number of nitrogens with zero attached hydrogens (tertiary/aromatic N) is 2. The molecule has 0 aliphatic carbocycles. The van der Waals surface area contributed by atoms with E-state index < -0.39 is 0 Å². The fourth-order valence-corrected chi connectivity index (χ4v) is 3.08. The lowest BCUT2D eigenvalue weighted by Gasteiger charge is -2.13. The number of hydrogen-bond acceptors (Lipinski definition) is 3. The summed E-state index contributed by atoms with van der Waals surface area (Å²) in [6, 6.07) is 10.4. The number of hydrogen-bond donors (Lipinski definition) is 2. The normalized spacial score (nSPS) is 19.2. The summed E-state index contributed by atoms with van der Waals surface area (Å²) < 4.78 is 0. The Bertz CT molecular complexity index is 549. The van der Waals surface area contributed by atoms with Crippen molar-refractivity contribution in [2.45, 2.75) is 19.9 Å². The summed E-state index contributed by atoms with van der Waals surface area (Å²) in [7, 11) is 0. The monoisotopic (exact) mass is 284 g/mol. The number of rotatable bonds is 6. The van der Waals surface area contributed by atoms with Gasteiger partial charge in [-0.05, 0) is 37.5 Å². The summed E-state index contributed by atoms with van der Waals surface area (Å²) in [5.41, 5.74) is 3.57. The van der Waals surface area contributed by atoms with Crippen LogP contribution in [0.2, 0.25) is 0 Å². The fourth-order valence-electron chi connectivity index (χ4n) is 3.08. The molecule has 3 rings (SSSR count). The summed E-state index contributed by atoms with van der Waals surface area (Å²) in [6.07, 6.45) is 3.25. The molecule has 1 aliphatic rings. The Morgan fingerprint density at radius 2 is 2.19 bits per heavy atom. The first-order chi connectivity index (χ1) is 10.4. The van der Waals surface area contributed by atoms with Gasteiger partial charge in [-0.15, -0.1) is 0 Å². The molecule has 2 N–H and O–H groups in total. The van der Waals surface area contributed by atoms with E-state index >= 15 is 0 Å². The van der Waals surface area contributed by atoms with Crippen LogP contribution < -0.4 is 5.32 Å². The lowest BCUT2D eigenvalue weighted by molar-refractivity contribution is 0.339. The average Bonchev–Trinajstić information content (AvgIpc) is 3.17. The van der Waals surface area contributed by atoms with Gasteiger partial charge in [0.2, 0.25) is 0 Å². The van der Waals surface area contributed by atoms with Crippen molar-refractivity contribution in [2.24, 2.45) is 5.92 Å². The highest BCUT2D eigenvalue weighted by atomic mass is 15.1. The van der Waals surface area contributed by atoms with Crippen molar-refractivity contribution in [1.29, 1.82) is 0 Å². The standard InChI is InChI=1S/C17H24N4/c1-2-21-9-8-14(13-21)10-18-11-16-12-19-20-17(16)15-6-4-3-5-7-15/h3-7,12,14,18H,2,8-11,13H2,1H3,(H,19,20)/t14-/m1/s1. The molecule has 21 heavy (non-hydrogen) atoms. The van der Waals surface area contributed by atoms with E-state index in [2.05, 4.69) is 51.6 Å². The Morgan fingerprint density at radius 3 is 2.95 bits per heavy atom. The van der Waals surface area contributed by atoms with Gasteiger partial charge in [0, 0.05) is 18.7 Å². The molecule has 4 nitrogen and oxygen atoms in total. The Kier molecular flexibility index (Phi) is 4.68. The van der Waals surface area contributed by atoms with Crippen molar-refractivity contribution in [1.82, 2.24) is 20.4 Å². The third-order valence-electron chi connectivity index (χ3n) is 4.35. The van der Waals surface area contributed by atoms with Crippen LogP contribution in [0.5, 0.6) is 0 Å². The van der Waals surface area contributed by atoms with Crippen LogP contribution in [0.4, 0.5) is 0 Å². The van der Waals surface area contributed by atoms with Gasteiger partial charge in [-0.25, -0.2) is 0 Å². The molecule has 0 bridgehead atoms. The zero-order valence-corrected chi connectivity index (χ0v) is 12.7. The van der Waals surface area contributed by atoms with Crippen molar-refractivity contribution in [3.63, 3.8) is 0 Å². The summed E-state index contributed by atoms with van der Waals surface area (Å²) >= 11 is 0. The largest absolute Gasteiger partial charge is 0.312 e. The second-order valence-corrected chi connectivity index (χ2v) is 5.82. The quantitative estimate of drug-likeness (QED) is 0.856. The highest BCUT2D eigenvalue weighted by molar-refractivity contribution is 5.62. The molecule has 112 valence electrons. The van der Waals surface area contributed by atoms with E-state index in [1.54, 1.807) is 0 Å². The third-order valence-corrected chi connectivity index (χ3v) is 4.35. The molecule has 1 fully saturated rings. The van der Waals surface area contributed by atoms with Crippen LogP contribution in [0.15, 0.2) is 36.5 Å². The molecule has 0 saturated carbocycles. The second kappa shape index (κ2) is 6.87.